The van der Waals surface area contributed by atoms with Crippen LogP contribution in [0.25, 0.3) is 0 Å². The maximum Gasteiger partial charge on any atom is 0.227 e. The monoisotopic (exact) mass is 376 g/mol. The number of halogens is 1. The minimum atomic E-state index is -3.05. The van der Waals surface area contributed by atoms with Crippen molar-refractivity contribution in [2.45, 2.75) is 31.7 Å². The first kappa shape index (κ1) is 20.7. The minimum absolute atomic E-state index is 0. The normalized spacial score (nSPS) is 20.8. The molecule has 136 valence electrons. The summed E-state index contributed by atoms with van der Waals surface area (Å²) in [5.41, 5.74) is 6.57. The largest absolute Gasteiger partial charge is 0.492 e. The van der Waals surface area contributed by atoms with Crippen LogP contribution in [0, 0.1) is 5.92 Å². The van der Waals surface area contributed by atoms with Gasteiger partial charge in [-0.05, 0) is 31.4 Å². The van der Waals surface area contributed by atoms with Crippen molar-refractivity contribution >= 4 is 33.8 Å². The maximum atomic E-state index is 12.3. The first-order valence-electron chi connectivity index (χ1n) is 7.80. The van der Waals surface area contributed by atoms with E-state index in [1.54, 1.807) is 24.3 Å². The lowest BCUT2D eigenvalue weighted by molar-refractivity contribution is -0.120. The lowest BCUT2D eigenvalue weighted by Gasteiger charge is -2.25. The molecule has 0 aliphatic heterocycles. The first-order valence-corrected chi connectivity index (χ1v) is 9.86. The molecule has 2 atom stereocenters. The number of nitrogens with one attached hydrogen (secondary N) is 1. The van der Waals surface area contributed by atoms with Gasteiger partial charge >= 0.3 is 0 Å². The summed E-state index contributed by atoms with van der Waals surface area (Å²) in [6.45, 7) is 0.0910. The van der Waals surface area contributed by atoms with Crippen LogP contribution in [0.4, 0.5) is 5.69 Å². The SMILES string of the molecule is CS(=O)(=O)CCOc1cccc(NC(=O)C2CCCC(N)C2)c1.Cl. The second kappa shape index (κ2) is 9.25. The topological polar surface area (TPSA) is 98.5 Å². The van der Waals surface area contributed by atoms with Crippen LogP contribution in [0.3, 0.4) is 0 Å². The van der Waals surface area contributed by atoms with Crippen molar-refractivity contribution in [1.82, 2.24) is 0 Å². The number of benzene rings is 1. The van der Waals surface area contributed by atoms with Crippen molar-refractivity contribution in [3.63, 3.8) is 0 Å². The molecule has 0 spiro atoms. The van der Waals surface area contributed by atoms with Crippen LogP contribution >= 0.6 is 12.4 Å². The molecule has 24 heavy (non-hydrogen) atoms. The number of hydrogen-bond acceptors (Lipinski definition) is 5. The fourth-order valence-corrected chi connectivity index (χ4v) is 3.07. The summed E-state index contributed by atoms with van der Waals surface area (Å²) >= 11 is 0. The average Bonchev–Trinajstić information content (AvgIpc) is 2.46. The molecule has 0 aromatic heterocycles. The van der Waals surface area contributed by atoms with Crippen molar-refractivity contribution in [2.24, 2.45) is 11.7 Å². The highest BCUT2D eigenvalue weighted by Gasteiger charge is 2.25. The summed E-state index contributed by atoms with van der Waals surface area (Å²) in [5.74, 6) is 0.428. The van der Waals surface area contributed by atoms with Crippen molar-refractivity contribution in [1.29, 1.82) is 0 Å². The zero-order valence-electron chi connectivity index (χ0n) is 13.7. The lowest BCUT2D eigenvalue weighted by atomic mass is 9.85. The number of sulfone groups is 1. The smallest absolute Gasteiger partial charge is 0.227 e. The van der Waals surface area contributed by atoms with Crippen molar-refractivity contribution in [3.8, 4) is 5.75 Å². The van der Waals surface area contributed by atoms with E-state index < -0.39 is 9.84 Å². The number of hydrogen-bond donors (Lipinski definition) is 2. The third-order valence-corrected chi connectivity index (χ3v) is 4.82. The van der Waals surface area contributed by atoms with Gasteiger partial charge in [0.25, 0.3) is 0 Å². The molecule has 6 nitrogen and oxygen atoms in total. The molecule has 1 aromatic rings. The molecule has 1 amide bonds. The molecule has 1 fully saturated rings. The Kier molecular flexibility index (Phi) is 7.99. The van der Waals surface area contributed by atoms with Crippen LogP contribution in [-0.2, 0) is 14.6 Å². The van der Waals surface area contributed by atoms with Crippen LogP contribution < -0.4 is 15.8 Å². The Bertz CT molecular complexity index is 651. The van der Waals surface area contributed by atoms with E-state index in [1.807, 2.05) is 0 Å². The summed E-state index contributed by atoms with van der Waals surface area (Å²) in [7, 11) is -3.05. The Hall–Kier alpha value is -1.31. The van der Waals surface area contributed by atoms with E-state index in [4.69, 9.17) is 10.5 Å². The molecule has 1 aliphatic rings. The van der Waals surface area contributed by atoms with Crippen molar-refractivity contribution < 1.29 is 17.9 Å². The number of nitrogens with two attached hydrogens (primary N) is 1. The van der Waals surface area contributed by atoms with Gasteiger partial charge in [0.1, 0.15) is 12.4 Å². The van der Waals surface area contributed by atoms with Gasteiger partial charge in [0.15, 0.2) is 9.84 Å². The highest BCUT2D eigenvalue weighted by atomic mass is 35.5. The molecule has 0 heterocycles. The number of anilines is 1. The second-order valence-electron chi connectivity index (χ2n) is 6.12. The van der Waals surface area contributed by atoms with Crippen LogP contribution in [0.2, 0.25) is 0 Å². The van der Waals surface area contributed by atoms with E-state index in [9.17, 15) is 13.2 Å². The number of rotatable bonds is 6. The van der Waals surface area contributed by atoms with Gasteiger partial charge in [0.2, 0.25) is 5.91 Å². The predicted octanol–water partition coefficient (Wildman–Crippen LogP) is 1.99. The van der Waals surface area contributed by atoms with Gasteiger partial charge in [-0.25, -0.2) is 8.42 Å². The molecule has 1 aliphatic carbocycles. The fourth-order valence-electron chi connectivity index (χ4n) is 2.68. The fraction of sp³-hybridized carbons (Fsp3) is 0.562. The van der Waals surface area contributed by atoms with Gasteiger partial charge in [-0.3, -0.25) is 4.79 Å². The van der Waals surface area contributed by atoms with Crippen molar-refractivity contribution in [2.75, 3.05) is 23.9 Å². The maximum absolute atomic E-state index is 12.3. The number of ether oxygens (including phenoxy) is 1. The Morgan fingerprint density at radius 3 is 2.79 bits per heavy atom. The standard InChI is InChI=1S/C16H24N2O4S.ClH/c1-23(20,21)9-8-22-15-7-3-6-14(11-15)18-16(19)12-4-2-5-13(17)10-12;/h3,6-7,11-13H,2,4-5,8-10,17H2,1H3,(H,18,19);1H. The Morgan fingerprint density at radius 1 is 1.38 bits per heavy atom. The highest BCUT2D eigenvalue weighted by molar-refractivity contribution is 7.90. The van der Waals surface area contributed by atoms with E-state index >= 15 is 0 Å². The third kappa shape index (κ3) is 7.07. The molecule has 3 N–H and O–H groups in total. The molecule has 2 unspecified atom stereocenters. The predicted molar refractivity (Wildman–Crippen MR) is 97.5 cm³/mol. The second-order valence-corrected chi connectivity index (χ2v) is 8.38. The molecule has 0 bridgehead atoms. The molecule has 1 saturated carbocycles. The molecular formula is C16H25ClN2O4S. The van der Waals surface area contributed by atoms with Crippen LogP contribution in [0.1, 0.15) is 25.7 Å². The van der Waals surface area contributed by atoms with Crippen LogP contribution in [0.15, 0.2) is 24.3 Å². The van der Waals surface area contributed by atoms with E-state index in [2.05, 4.69) is 5.32 Å². The zero-order chi connectivity index (χ0) is 16.9. The average molecular weight is 377 g/mol. The van der Waals surface area contributed by atoms with Crippen molar-refractivity contribution in [3.05, 3.63) is 24.3 Å². The first-order chi connectivity index (χ1) is 10.8. The Labute approximate surface area is 149 Å². The number of carbonyl (C=O) groups excluding carboxylic acids is 1. The third-order valence-electron chi connectivity index (χ3n) is 3.91. The van der Waals surface area contributed by atoms with Crippen LogP contribution in [-0.4, -0.2) is 39.0 Å². The Morgan fingerprint density at radius 2 is 2.12 bits per heavy atom. The van der Waals surface area contributed by atoms with Gasteiger partial charge in [-0.15, -0.1) is 12.4 Å². The van der Waals surface area contributed by atoms with E-state index in [0.717, 1.165) is 25.7 Å². The summed E-state index contributed by atoms with van der Waals surface area (Å²) in [4.78, 5) is 12.3. The van der Waals surface area contributed by atoms with Gasteiger partial charge in [-0.1, -0.05) is 12.5 Å². The van der Waals surface area contributed by atoms with Gasteiger partial charge < -0.3 is 15.8 Å². The molecule has 0 saturated heterocycles. The van der Waals surface area contributed by atoms with E-state index in [-0.39, 0.29) is 42.6 Å². The molecule has 2 rings (SSSR count). The lowest BCUT2D eigenvalue weighted by Crippen LogP contribution is -2.34. The quantitative estimate of drug-likeness (QED) is 0.791. The molecule has 0 radical (unpaired) electrons. The van der Waals surface area contributed by atoms with E-state index in [0.29, 0.717) is 11.4 Å². The molecular weight excluding hydrogens is 352 g/mol. The minimum Gasteiger partial charge on any atom is -0.492 e. The van der Waals surface area contributed by atoms with Gasteiger partial charge in [0.05, 0.1) is 5.75 Å². The molecule has 1 aromatic carbocycles. The highest BCUT2D eigenvalue weighted by Crippen LogP contribution is 2.25. The van der Waals surface area contributed by atoms with Crippen LogP contribution in [0.5, 0.6) is 5.75 Å². The number of carbonyl (C=O) groups is 1. The molecule has 8 heteroatoms. The summed E-state index contributed by atoms with van der Waals surface area (Å²) in [6, 6.07) is 7.07. The Balaban J connectivity index is 0.00000288. The van der Waals surface area contributed by atoms with Gasteiger partial charge in [-0.2, -0.15) is 0 Å². The van der Waals surface area contributed by atoms with Gasteiger partial charge in [0, 0.05) is 30.0 Å². The summed E-state index contributed by atoms with van der Waals surface area (Å²) < 4.78 is 27.6. The van der Waals surface area contributed by atoms with E-state index in [1.165, 1.54) is 6.26 Å². The zero-order valence-corrected chi connectivity index (χ0v) is 15.4. The number of amides is 1. The summed E-state index contributed by atoms with van der Waals surface area (Å²) in [5, 5.41) is 2.89. The summed E-state index contributed by atoms with van der Waals surface area (Å²) in [6.07, 6.45) is 4.71.